The number of nitriles is 1. The molecule has 0 aromatic heterocycles. The van der Waals surface area contributed by atoms with Crippen LogP contribution in [-0.2, 0) is 0 Å². The number of nitrogens with one attached hydrogen (secondary N) is 1. The summed E-state index contributed by atoms with van der Waals surface area (Å²) < 4.78 is 0. The van der Waals surface area contributed by atoms with Crippen molar-refractivity contribution in [1.82, 2.24) is 0 Å². The van der Waals surface area contributed by atoms with Crippen molar-refractivity contribution < 1.29 is 0 Å². The van der Waals surface area contributed by atoms with E-state index in [1.54, 1.807) is 6.07 Å². The van der Waals surface area contributed by atoms with Crippen molar-refractivity contribution in [2.24, 2.45) is 0 Å². The highest BCUT2D eigenvalue weighted by molar-refractivity contribution is 5.96. The number of nitrogens with zero attached hydrogens (tertiary/aromatic N) is 2. The van der Waals surface area contributed by atoms with Crippen LogP contribution in [0.2, 0.25) is 0 Å². The molecule has 0 amide bonds. The van der Waals surface area contributed by atoms with Gasteiger partial charge in [0.05, 0.1) is 11.6 Å². The van der Waals surface area contributed by atoms with Gasteiger partial charge >= 0.3 is 0 Å². The summed E-state index contributed by atoms with van der Waals surface area (Å²) in [4.78, 5) is 1.99. The van der Waals surface area contributed by atoms with E-state index >= 15 is 0 Å². The second kappa shape index (κ2) is 4.14. The summed E-state index contributed by atoms with van der Waals surface area (Å²) in [6, 6.07) is 9.59. The largest absolute Gasteiger partial charge is 0.330 e. The summed E-state index contributed by atoms with van der Waals surface area (Å²) in [6.45, 7) is 0.897. The van der Waals surface area contributed by atoms with Gasteiger partial charge in [0.15, 0.2) is 0 Å². The van der Waals surface area contributed by atoms with E-state index in [1.807, 2.05) is 23.1 Å². The van der Waals surface area contributed by atoms with Gasteiger partial charge in [-0.15, -0.1) is 0 Å². The first kappa shape index (κ1) is 9.72. The molecule has 1 fully saturated rings. The first-order valence-electron chi connectivity index (χ1n) is 5.16. The van der Waals surface area contributed by atoms with E-state index in [0.29, 0.717) is 11.4 Å². The fourth-order valence-corrected chi connectivity index (χ4v) is 1.86. The predicted octanol–water partition coefficient (Wildman–Crippen LogP) is 2.53. The van der Waals surface area contributed by atoms with Crippen molar-refractivity contribution in [3.63, 3.8) is 0 Å². The molecule has 1 aliphatic rings. The van der Waals surface area contributed by atoms with E-state index in [2.05, 4.69) is 6.07 Å². The Morgan fingerprint density at radius 3 is 2.93 bits per heavy atom. The first-order chi connectivity index (χ1) is 7.31. The minimum absolute atomic E-state index is 0.658. The van der Waals surface area contributed by atoms with Gasteiger partial charge in [0.2, 0.25) is 0 Å². The molecular weight excluding hydrogens is 186 g/mol. The highest BCUT2D eigenvalue weighted by Crippen LogP contribution is 2.21. The summed E-state index contributed by atoms with van der Waals surface area (Å²) in [6.07, 6.45) is 3.07. The molecular formula is C12H13N3. The molecule has 1 aromatic carbocycles. The molecule has 2 rings (SSSR count). The third kappa shape index (κ3) is 1.99. The van der Waals surface area contributed by atoms with Crippen LogP contribution in [0.1, 0.15) is 24.8 Å². The lowest BCUT2D eigenvalue weighted by Crippen LogP contribution is -2.34. The van der Waals surface area contributed by atoms with Gasteiger partial charge in [-0.3, -0.25) is 5.41 Å². The quantitative estimate of drug-likeness (QED) is 0.755. The van der Waals surface area contributed by atoms with Crippen molar-refractivity contribution in [2.75, 3.05) is 11.4 Å². The smallest absolute Gasteiger partial charge is 0.100 e. The minimum Gasteiger partial charge on any atom is -0.330 e. The maximum absolute atomic E-state index is 8.80. The Balaban J connectivity index is 2.28. The van der Waals surface area contributed by atoms with Crippen LogP contribution < -0.4 is 4.90 Å². The Hall–Kier alpha value is -1.82. The number of hydrogen-bond acceptors (Lipinski definition) is 2. The van der Waals surface area contributed by atoms with Crippen LogP contribution in [0.25, 0.3) is 0 Å². The molecule has 0 saturated carbocycles. The van der Waals surface area contributed by atoms with Crippen LogP contribution in [0.15, 0.2) is 24.3 Å². The lowest BCUT2D eigenvalue weighted by molar-refractivity contribution is 0.707. The van der Waals surface area contributed by atoms with E-state index in [9.17, 15) is 0 Å². The molecule has 0 unspecified atom stereocenters. The summed E-state index contributed by atoms with van der Waals surface area (Å²) in [7, 11) is 0. The number of anilines is 1. The monoisotopic (exact) mass is 199 g/mol. The van der Waals surface area contributed by atoms with Gasteiger partial charge in [-0.05, 0) is 31.0 Å². The molecule has 3 nitrogen and oxygen atoms in total. The second-order valence-corrected chi connectivity index (χ2v) is 3.72. The molecule has 0 radical (unpaired) electrons. The van der Waals surface area contributed by atoms with Crippen molar-refractivity contribution in [3.05, 3.63) is 29.8 Å². The van der Waals surface area contributed by atoms with Gasteiger partial charge in [-0.2, -0.15) is 5.26 Å². The van der Waals surface area contributed by atoms with E-state index in [-0.39, 0.29) is 0 Å². The number of rotatable bonds is 1. The maximum atomic E-state index is 8.80. The van der Waals surface area contributed by atoms with E-state index in [1.165, 1.54) is 0 Å². The molecule has 3 heteroatoms. The fraction of sp³-hybridized carbons (Fsp3) is 0.333. The normalized spacial score (nSPS) is 16.2. The van der Waals surface area contributed by atoms with Gasteiger partial charge in [0.25, 0.3) is 0 Å². The summed E-state index contributed by atoms with van der Waals surface area (Å²) >= 11 is 0. The average molecular weight is 199 g/mol. The van der Waals surface area contributed by atoms with Crippen LogP contribution in [0, 0.1) is 16.7 Å². The second-order valence-electron chi connectivity index (χ2n) is 3.72. The zero-order valence-corrected chi connectivity index (χ0v) is 8.53. The SMILES string of the molecule is N#Cc1cccc(N2CCCCC2=N)c1. The average Bonchev–Trinajstić information content (AvgIpc) is 2.30. The van der Waals surface area contributed by atoms with Crippen LogP contribution in [-0.4, -0.2) is 12.4 Å². The Kier molecular flexibility index (Phi) is 2.68. The van der Waals surface area contributed by atoms with E-state index < -0.39 is 0 Å². The van der Waals surface area contributed by atoms with Crippen molar-refractivity contribution in [1.29, 1.82) is 10.7 Å². The third-order valence-electron chi connectivity index (χ3n) is 2.66. The summed E-state index contributed by atoms with van der Waals surface area (Å²) in [5.74, 6) is 0.663. The number of amidine groups is 1. The van der Waals surface area contributed by atoms with Gasteiger partial charge in [0, 0.05) is 18.7 Å². The zero-order valence-electron chi connectivity index (χ0n) is 8.53. The van der Waals surface area contributed by atoms with Crippen molar-refractivity contribution in [2.45, 2.75) is 19.3 Å². The van der Waals surface area contributed by atoms with Crippen LogP contribution in [0.5, 0.6) is 0 Å². The minimum atomic E-state index is 0.658. The molecule has 1 N–H and O–H groups in total. The Bertz CT molecular complexity index is 417. The van der Waals surface area contributed by atoms with E-state index in [4.69, 9.17) is 10.7 Å². The maximum Gasteiger partial charge on any atom is 0.100 e. The van der Waals surface area contributed by atoms with Crippen LogP contribution in [0.4, 0.5) is 5.69 Å². The summed E-state index contributed by atoms with van der Waals surface area (Å²) in [5.41, 5.74) is 1.63. The highest BCUT2D eigenvalue weighted by Gasteiger charge is 2.16. The third-order valence-corrected chi connectivity index (χ3v) is 2.66. The van der Waals surface area contributed by atoms with Gasteiger partial charge in [0.1, 0.15) is 5.84 Å². The molecule has 0 atom stereocenters. The predicted molar refractivity (Wildman–Crippen MR) is 60.1 cm³/mol. The van der Waals surface area contributed by atoms with Crippen molar-refractivity contribution >= 4 is 11.5 Å². The molecule has 0 aliphatic carbocycles. The first-order valence-corrected chi connectivity index (χ1v) is 5.16. The molecule has 1 saturated heterocycles. The van der Waals surface area contributed by atoms with Gasteiger partial charge in [-0.1, -0.05) is 6.07 Å². The molecule has 15 heavy (non-hydrogen) atoms. The molecule has 76 valence electrons. The topological polar surface area (TPSA) is 50.9 Å². The zero-order chi connectivity index (χ0) is 10.7. The Morgan fingerprint density at radius 2 is 2.20 bits per heavy atom. The number of benzene rings is 1. The van der Waals surface area contributed by atoms with Gasteiger partial charge in [-0.25, -0.2) is 0 Å². The number of hydrogen-bond donors (Lipinski definition) is 1. The van der Waals surface area contributed by atoms with Crippen LogP contribution >= 0.6 is 0 Å². The number of piperidine rings is 1. The van der Waals surface area contributed by atoms with Crippen LogP contribution in [0.3, 0.4) is 0 Å². The highest BCUT2D eigenvalue weighted by atomic mass is 15.2. The lowest BCUT2D eigenvalue weighted by atomic mass is 10.1. The molecule has 1 heterocycles. The van der Waals surface area contributed by atoms with E-state index in [0.717, 1.165) is 31.5 Å². The standard InChI is InChI=1S/C12H13N3/c13-9-10-4-3-5-11(8-10)15-7-2-1-6-12(15)14/h3-5,8,14H,1-2,6-7H2. The molecule has 1 aliphatic heterocycles. The molecule has 1 aromatic rings. The van der Waals surface area contributed by atoms with Gasteiger partial charge < -0.3 is 4.90 Å². The lowest BCUT2D eigenvalue weighted by Gasteiger charge is -2.29. The Labute approximate surface area is 89.5 Å². The van der Waals surface area contributed by atoms with Crippen molar-refractivity contribution in [3.8, 4) is 6.07 Å². The Morgan fingerprint density at radius 1 is 1.33 bits per heavy atom. The summed E-state index contributed by atoms with van der Waals surface area (Å²) in [5, 5.41) is 16.7. The fourth-order valence-electron chi connectivity index (χ4n) is 1.86. The molecule has 0 spiro atoms. The molecule has 0 bridgehead atoms.